The monoisotopic (exact) mass is 251 g/mol. The molecular formula is C13H21N3O2. The maximum Gasteiger partial charge on any atom is 0.140 e. The predicted octanol–water partition coefficient (Wildman–Crippen LogP) is 1.87. The van der Waals surface area contributed by atoms with Gasteiger partial charge in [-0.25, -0.2) is 0 Å². The fraction of sp³-hybridized carbons (Fsp3) is 0.462. The van der Waals surface area contributed by atoms with Crippen LogP contribution in [-0.4, -0.2) is 24.2 Å². The molecule has 0 fully saturated rings. The number of hydrogen-bond acceptors (Lipinski definition) is 4. The highest BCUT2D eigenvalue weighted by atomic mass is 16.5. The first-order valence-corrected chi connectivity index (χ1v) is 5.93. The molecule has 0 aliphatic carbocycles. The standard InChI is InChI=1S/C13H21N3O2/c1-9(8-13(14)16-17)15-10(2)11-6-4-5-7-12(11)18-3/h4-7,9-10,15,17H,8H2,1-3H3,(H2,14,16)/t9?,10-/m0/s1. The predicted molar refractivity (Wildman–Crippen MR) is 72.0 cm³/mol. The molecule has 5 nitrogen and oxygen atoms in total. The third kappa shape index (κ3) is 3.92. The summed E-state index contributed by atoms with van der Waals surface area (Å²) in [4.78, 5) is 0. The molecule has 5 heteroatoms. The van der Waals surface area contributed by atoms with E-state index in [2.05, 4.69) is 17.4 Å². The summed E-state index contributed by atoms with van der Waals surface area (Å²) in [7, 11) is 1.66. The minimum atomic E-state index is 0.112. The maximum atomic E-state index is 8.53. The smallest absolute Gasteiger partial charge is 0.140 e. The van der Waals surface area contributed by atoms with Gasteiger partial charge in [0.05, 0.1) is 7.11 Å². The second-order valence-corrected chi connectivity index (χ2v) is 4.33. The number of amidine groups is 1. The van der Waals surface area contributed by atoms with E-state index in [4.69, 9.17) is 15.7 Å². The molecule has 1 aromatic carbocycles. The Balaban J connectivity index is 2.67. The fourth-order valence-corrected chi connectivity index (χ4v) is 1.95. The molecule has 0 aliphatic rings. The second-order valence-electron chi connectivity index (χ2n) is 4.33. The van der Waals surface area contributed by atoms with Crippen molar-refractivity contribution >= 4 is 5.84 Å². The normalized spacial score (nSPS) is 15.2. The van der Waals surface area contributed by atoms with Crippen molar-refractivity contribution in [1.29, 1.82) is 0 Å². The molecule has 0 heterocycles. The van der Waals surface area contributed by atoms with Crippen LogP contribution in [0.3, 0.4) is 0 Å². The van der Waals surface area contributed by atoms with Crippen molar-refractivity contribution < 1.29 is 9.94 Å². The molecule has 1 rings (SSSR count). The molecule has 4 N–H and O–H groups in total. The van der Waals surface area contributed by atoms with Crippen molar-refractivity contribution in [3.05, 3.63) is 29.8 Å². The lowest BCUT2D eigenvalue weighted by atomic mass is 10.1. The lowest BCUT2D eigenvalue weighted by molar-refractivity contribution is 0.315. The van der Waals surface area contributed by atoms with Gasteiger partial charge in [-0.2, -0.15) is 0 Å². The summed E-state index contributed by atoms with van der Waals surface area (Å²) in [6, 6.07) is 8.11. The van der Waals surface area contributed by atoms with Crippen LogP contribution >= 0.6 is 0 Å². The number of nitrogens with one attached hydrogen (secondary N) is 1. The minimum absolute atomic E-state index is 0.112. The lowest BCUT2D eigenvalue weighted by Gasteiger charge is -2.21. The van der Waals surface area contributed by atoms with Gasteiger partial charge in [0.15, 0.2) is 0 Å². The molecule has 0 saturated carbocycles. The van der Waals surface area contributed by atoms with Crippen LogP contribution in [0.2, 0.25) is 0 Å². The Morgan fingerprint density at radius 3 is 2.72 bits per heavy atom. The van der Waals surface area contributed by atoms with Gasteiger partial charge in [-0.05, 0) is 19.9 Å². The van der Waals surface area contributed by atoms with Crippen molar-refractivity contribution in [3.63, 3.8) is 0 Å². The number of oxime groups is 1. The van der Waals surface area contributed by atoms with Crippen LogP contribution in [0.25, 0.3) is 0 Å². The average Bonchev–Trinajstić information content (AvgIpc) is 2.38. The highest BCUT2D eigenvalue weighted by Gasteiger charge is 2.14. The first kappa shape index (κ1) is 14.3. The van der Waals surface area contributed by atoms with E-state index >= 15 is 0 Å². The Kier molecular flexibility index (Phi) is 5.45. The number of nitrogens with two attached hydrogens (primary N) is 1. The van der Waals surface area contributed by atoms with Crippen molar-refractivity contribution in [2.24, 2.45) is 10.9 Å². The van der Waals surface area contributed by atoms with Crippen molar-refractivity contribution in [2.45, 2.75) is 32.4 Å². The molecule has 0 saturated heterocycles. The summed E-state index contributed by atoms with van der Waals surface area (Å²) >= 11 is 0. The number of methoxy groups -OCH3 is 1. The third-order valence-corrected chi connectivity index (χ3v) is 2.78. The Labute approximate surface area is 108 Å². The van der Waals surface area contributed by atoms with E-state index in [-0.39, 0.29) is 17.9 Å². The Morgan fingerprint density at radius 2 is 2.11 bits per heavy atom. The van der Waals surface area contributed by atoms with Crippen LogP contribution in [-0.2, 0) is 0 Å². The first-order valence-electron chi connectivity index (χ1n) is 5.93. The fourth-order valence-electron chi connectivity index (χ4n) is 1.95. The van der Waals surface area contributed by atoms with Crippen LogP contribution in [0.4, 0.5) is 0 Å². The van der Waals surface area contributed by atoms with Gasteiger partial charge in [0.2, 0.25) is 0 Å². The minimum Gasteiger partial charge on any atom is -0.496 e. The van der Waals surface area contributed by atoms with E-state index in [1.165, 1.54) is 0 Å². The zero-order chi connectivity index (χ0) is 13.5. The van der Waals surface area contributed by atoms with E-state index in [1.54, 1.807) is 7.11 Å². The molecule has 18 heavy (non-hydrogen) atoms. The topological polar surface area (TPSA) is 79.9 Å². The largest absolute Gasteiger partial charge is 0.496 e. The summed E-state index contributed by atoms with van der Waals surface area (Å²) in [5, 5.41) is 14.9. The number of hydrogen-bond donors (Lipinski definition) is 3. The maximum absolute atomic E-state index is 8.53. The summed E-state index contributed by atoms with van der Waals surface area (Å²) in [6.45, 7) is 4.05. The second kappa shape index (κ2) is 6.86. The number of para-hydroxylation sites is 1. The molecule has 1 aromatic rings. The zero-order valence-corrected chi connectivity index (χ0v) is 11.1. The summed E-state index contributed by atoms with van der Waals surface area (Å²) < 4.78 is 5.32. The van der Waals surface area contributed by atoms with Crippen molar-refractivity contribution in [2.75, 3.05) is 7.11 Å². The van der Waals surface area contributed by atoms with Crippen LogP contribution in [0.5, 0.6) is 5.75 Å². The van der Waals surface area contributed by atoms with E-state index in [0.717, 1.165) is 11.3 Å². The van der Waals surface area contributed by atoms with Crippen molar-refractivity contribution in [3.8, 4) is 5.75 Å². The number of ether oxygens (including phenoxy) is 1. The molecular weight excluding hydrogens is 230 g/mol. The number of nitrogens with zero attached hydrogens (tertiary/aromatic N) is 1. The zero-order valence-electron chi connectivity index (χ0n) is 11.1. The molecule has 1 unspecified atom stereocenters. The Bertz CT molecular complexity index is 407. The van der Waals surface area contributed by atoms with Gasteiger partial charge < -0.3 is 21.0 Å². The summed E-state index contributed by atoms with van der Waals surface area (Å²) in [5.74, 6) is 1.08. The molecule has 0 aromatic heterocycles. The highest BCUT2D eigenvalue weighted by molar-refractivity contribution is 5.80. The third-order valence-electron chi connectivity index (χ3n) is 2.78. The Morgan fingerprint density at radius 1 is 1.44 bits per heavy atom. The van der Waals surface area contributed by atoms with Crippen LogP contribution in [0.15, 0.2) is 29.4 Å². The molecule has 0 radical (unpaired) electrons. The van der Waals surface area contributed by atoms with Gasteiger partial charge >= 0.3 is 0 Å². The van der Waals surface area contributed by atoms with Gasteiger partial charge in [-0.1, -0.05) is 23.4 Å². The first-order chi connectivity index (χ1) is 8.58. The quantitative estimate of drug-likeness (QED) is 0.312. The van der Waals surface area contributed by atoms with Gasteiger partial charge in [0.25, 0.3) is 0 Å². The van der Waals surface area contributed by atoms with Crippen molar-refractivity contribution in [1.82, 2.24) is 5.32 Å². The molecule has 100 valence electrons. The summed E-state index contributed by atoms with van der Waals surface area (Å²) in [5.41, 5.74) is 6.57. The van der Waals surface area contributed by atoms with Gasteiger partial charge in [0.1, 0.15) is 11.6 Å². The van der Waals surface area contributed by atoms with Gasteiger partial charge in [-0.15, -0.1) is 0 Å². The van der Waals surface area contributed by atoms with Crippen LogP contribution < -0.4 is 15.8 Å². The summed E-state index contributed by atoms with van der Waals surface area (Å²) in [6.07, 6.45) is 0.496. The highest BCUT2D eigenvalue weighted by Crippen LogP contribution is 2.24. The SMILES string of the molecule is COc1ccccc1[C@H](C)NC(C)C/C(N)=N/O. The Hall–Kier alpha value is -1.75. The van der Waals surface area contributed by atoms with E-state index in [9.17, 15) is 0 Å². The van der Waals surface area contributed by atoms with E-state index in [1.807, 2.05) is 31.2 Å². The molecule has 0 bridgehead atoms. The molecule has 0 aliphatic heterocycles. The molecule has 0 amide bonds. The van der Waals surface area contributed by atoms with Crippen LogP contribution in [0, 0.1) is 0 Å². The van der Waals surface area contributed by atoms with Gasteiger partial charge in [0, 0.05) is 24.1 Å². The van der Waals surface area contributed by atoms with Crippen LogP contribution in [0.1, 0.15) is 31.9 Å². The lowest BCUT2D eigenvalue weighted by Crippen LogP contribution is -2.33. The number of rotatable bonds is 6. The molecule has 2 atom stereocenters. The van der Waals surface area contributed by atoms with E-state index in [0.29, 0.717) is 6.42 Å². The average molecular weight is 251 g/mol. The van der Waals surface area contributed by atoms with Gasteiger partial charge in [-0.3, -0.25) is 0 Å². The number of benzene rings is 1. The molecule has 0 spiro atoms. The van der Waals surface area contributed by atoms with E-state index < -0.39 is 0 Å².